The highest BCUT2D eigenvalue weighted by molar-refractivity contribution is 9.10. The zero-order chi connectivity index (χ0) is 18.8. The molecule has 2 aromatic rings. The molecule has 0 radical (unpaired) electrons. The number of carbonyl (C=O) groups excluding carboxylic acids is 1. The van der Waals surface area contributed by atoms with Crippen molar-refractivity contribution in [2.75, 3.05) is 15.9 Å². The van der Waals surface area contributed by atoms with Gasteiger partial charge in [0.05, 0.1) is 22.7 Å². The number of para-hydroxylation sites is 1. The van der Waals surface area contributed by atoms with Crippen molar-refractivity contribution < 1.29 is 13.2 Å². The summed E-state index contributed by atoms with van der Waals surface area (Å²) < 4.78 is 26.2. The first kappa shape index (κ1) is 20.0. The number of rotatable bonds is 5. The molecule has 2 rings (SSSR count). The minimum atomic E-state index is -3.79. The Balaban J connectivity index is 2.40. The van der Waals surface area contributed by atoms with Gasteiger partial charge in [-0.2, -0.15) is 0 Å². The van der Waals surface area contributed by atoms with Crippen LogP contribution in [0.4, 0.5) is 11.4 Å². The fourth-order valence-corrected chi connectivity index (χ4v) is 4.22. The molecular weight excluding hydrogens is 451 g/mol. The molecule has 0 heterocycles. The van der Waals surface area contributed by atoms with Crippen LogP contribution in [0.3, 0.4) is 0 Å². The van der Waals surface area contributed by atoms with Crippen molar-refractivity contribution in [3.63, 3.8) is 0 Å². The van der Waals surface area contributed by atoms with Gasteiger partial charge in [-0.25, -0.2) is 8.42 Å². The fraction of sp³-hybridized carbons (Fsp3) is 0.188. The molecule has 0 fully saturated rings. The minimum Gasteiger partial charge on any atom is -0.323 e. The first-order valence-electron chi connectivity index (χ1n) is 7.11. The molecule has 1 amide bonds. The average molecular weight is 466 g/mol. The van der Waals surface area contributed by atoms with E-state index in [2.05, 4.69) is 21.2 Å². The Bertz CT molecular complexity index is 906. The molecule has 0 saturated heterocycles. The van der Waals surface area contributed by atoms with Crippen LogP contribution in [-0.2, 0) is 14.8 Å². The molecule has 1 N–H and O–H groups in total. The Morgan fingerprint density at radius 2 is 1.84 bits per heavy atom. The highest BCUT2D eigenvalue weighted by Crippen LogP contribution is 2.32. The molecule has 5 nitrogen and oxygen atoms in total. The number of amides is 1. The number of sulfonamides is 1. The number of nitrogens with one attached hydrogen (secondary N) is 1. The molecule has 9 heteroatoms. The highest BCUT2D eigenvalue weighted by Gasteiger charge is 2.31. The summed E-state index contributed by atoms with van der Waals surface area (Å²) in [5.74, 6) is -0.506. The maximum atomic E-state index is 12.6. The lowest BCUT2D eigenvalue weighted by Gasteiger charge is -2.29. The van der Waals surface area contributed by atoms with Crippen LogP contribution in [-0.4, -0.2) is 26.6 Å². The molecule has 0 aromatic heterocycles. The van der Waals surface area contributed by atoms with Crippen molar-refractivity contribution >= 4 is 66.4 Å². The zero-order valence-electron chi connectivity index (χ0n) is 13.3. The average Bonchev–Trinajstić information content (AvgIpc) is 2.51. The van der Waals surface area contributed by atoms with Crippen LogP contribution < -0.4 is 9.62 Å². The van der Waals surface area contributed by atoms with Gasteiger partial charge < -0.3 is 5.32 Å². The van der Waals surface area contributed by atoms with Gasteiger partial charge in [0, 0.05) is 9.50 Å². The van der Waals surface area contributed by atoms with E-state index in [0.717, 1.165) is 10.6 Å². The van der Waals surface area contributed by atoms with Crippen molar-refractivity contribution in [1.82, 2.24) is 0 Å². The first-order chi connectivity index (χ1) is 11.6. The lowest BCUT2D eigenvalue weighted by Crippen LogP contribution is -2.45. The molecule has 0 aliphatic carbocycles. The molecular formula is C16H15BrCl2N2O3S. The van der Waals surface area contributed by atoms with Crippen LogP contribution in [0.1, 0.15) is 6.92 Å². The number of carbonyl (C=O) groups is 1. The third kappa shape index (κ3) is 4.88. The van der Waals surface area contributed by atoms with Crippen LogP contribution in [0.15, 0.2) is 46.9 Å². The predicted octanol–water partition coefficient (Wildman–Crippen LogP) is 4.55. The van der Waals surface area contributed by atoms with E-state index in [1.165, 1.54) is 19.1 Å². The third-order valence-electron chi connectivity index (χ3n) is 3.37. The summed E-state index contributed by atoms with van der Waals surface area (Å²) in [6, 6.07) is 10.4. The minimum absolute atomic E-state index is 0.145. The molecule has 2 aromatic carbocycles. The van der Waals surface area contributed by atoms with Crippen molar-refractivity contribution in [2.24, 2.45) is 0 Å². The number of benzene rings is 2. The molecule has 0 bridgehead atoms. The maximum Gasteiger partial charge on any atom is 0.248 e. The van der Waals surface area contributed by atoms with Crippen molar-refractivity contribution in [3.05, 3.63) is 57.0 Å². The summed E-state index contributed by atoms with van der Waals surface area (Å²) in [5.41, 5.74) is 0.677. The van der Waals surface area contributed by atoms with E-state index in [1.807, 2.05) is 0 Å². The van der Waals surface area contributed by atoms with Crippen molar-refractivity contribution in [3.8, 4) is 0 Å². The quantitative estimate of drug-likeness (QED) is 0.704. The van der Waals surface area contributed by atoms with Gasteiger partial charge in [-0.05, 0) is 53.2 Å². The van der Waals surface area contributed by atoms with E-state index in [1.54, 1.807) is 30.3 Å². The maximum absolute atomic E-state index is 12.6. The Morgan fingerprint density at radius 1 is 1.20 bits per heavy atom. The summed E-state index contributed by atoms with van der Waals surface area (Å²) in [6.45, 7) is 1.48. The number of hydrogen-bond donors (Lipinski definition) is 1. The van der Waals surface area contributed by atoms with E-state index in [0.29, 0.717) is 15.2 Å². The monoisotopic (exact) mass is 464 g/mol. The van der Waals surface area contributed by atoms with Crippen molar-refractivity contribution in [1.29, 1.82) is 0 Å². The first-order valence-corrected chi connectivity index (χ1v) is 10.5. The second kappa shape index (κ2) is 7.95. The number of anilines is 2. The van der Waals surface area contributed by atoms with Crippen LogP contribution in [0.2, 0.25) is 10.0 Å². The van der Waals surface area contributed by atoms with Gasteiger partial charge in [0.2, 0.25) is 15.9 Å². The molecule has 0 aliphatic rings. The highest BCUT2D eigenvalue weighted by atomic mass is 79.9. The van der Waals surface area contributed by atoms with E-state index in [-0.39, 0.29) is 10.7 Å². The zero-order valence-corrected chi connectivity index (χ0v) is 17.2. The fourth-order valence-electron chi connectivity index (χ4n) is 2.24. The molecule has 134 valence electrons. The van der Waals surface area contributed by atoms with Gasteiger partial charge in [0.25, 0.3) is 0 Å². The van der Waals surface area contributed by atoms with Crippen LogP contribution in [0.25, 0.3) is 0 Å². The molecule has 0 aliphatic heterocycles. The lowest BCUT2D eigenvalue weighted by atomic mass is 10.2. The van der Waals surface area contributed by atoms with Gasteiger partial charge in [0.1, 0.15) is 6.04 Å². The Kier molecular flexibility index (Phi) is 6.37. The molecule has 0 saturated carbocycles. The standard InChI is InChI=1S/C16H15BrCl2N2O3S/c1-10(16(22)20-14-6-4-3-5-12(14)17)21(25(2,23)24)15-9-11(18)7-8-13(15)19/h3-10H,1-2H3,(H,20,22)/t10-/m1/s1. The molecule has 25 heavy (non-hydrogen) atoms. The van der Waals surface area contributed by atoms with Crippen LogP contribution in [0.5, 0.6) is 0 Å². The summed E-state index contributed by atoms with van der Waals surface area (Å²) in [4.78, 5) is 12.6. The number of halogens is 3. The Hall–Kier alpha value is -1.28. The van der Waals surface area contributed by atoms with Gasteiger partial charge in [-0.1, -0.05) is 35.3 Å². The van der Waals surface area contributed by atoms with Crippen LogP contribution in [0, 0.1) is 0 Å². The third-order valence-corrected chi connectivity index (χ3v) is 5.84. The van der Waals surface area contributed by atoms with Crippen LogP contribution >= 0.6 is 39.1 Å². The Labute approximate surface area is 165 Å². The lowest BCUT2D eigenvalue weighted by molar-refractivity contribution is -0.116. The smallest absolute Gasteiger partial charge is 0.248 e. The summed E-state index contributed by atoms with van der Waals surface area (Å²) in [5, 5.41) is 3.19. The van der Waals surface area contributed by atoms with Gasteiger partial charge in [-0.15, -0.1) is 0 Å². The molecule has 0 spiro atoms. The predicted molar refractivity (Wildman–Crippen MR) is 106 cm³/mol. The van der Waals surface area contributed by atoms with Gasteiger partial charge in [-0.3, -0.25) is 9.10 Å². The summed E-state index contributed by atoms with van der Waals surface area (Å²) in [6.07, 6.45) is 1.01. The largest absolute Gasteiger partial charge is 0.323 e. The number of nitrogens with zero attached hydrogens (tertiary/aromatic N) is 1. The summed E-state index contributed by atoms with van der Waals surface area (Å²) >= 11 is 15.4. The SMILES string of the molecule is C[C@H](C(=O)Nc1ccccc1Br)N(c1cc(Cl)ccc1Cl)S(C)(=O)=O. The molecule has 1 atom stereocenters. The van der Waals surface area contributed by atoms with Gasteiger partial charge >= 0.3 is 0 Å². The topological polar surface area (TPSA) is 66.5 Å². The van der Waals surface area contributed by atoms with E-state index in [9.17, 15) is 13.2 Å². The second-order valence-corrected chi connectivity index (χ2v) is 8.86. The number of hydrogen-bond acceptors (Lipinski definition) is 3. The molecule has 0 unspecified atom stereocenters. The normalized spacial score (nSPS) is 12.5. The van der Waals surface area contributed by atoms with E-state index >= 15 is 0 Å². The Morgan fingerprint density at radius 3 is 2.44 bits per heavy atom. The van der Waals surface area contributed by atoms with E-state index in [4.69, 9.17) is 23.2 Å². The summed E-state index contributed by atoms with van der Waals surface area (Å²) in [7, 11) is -3.79. The van der Waals surface area contributed by atoms with Gasteiger partial charge in [0.15, 0.2) is 0 Å². The van der Waals surface area contributed by atoms with Crippen molar-refractivity contribution in [2.45, 2.75) is 13.0 Å². The van der Waals surface area contributed by atoms with E-state index < -0.39 is 22.0 Å². The second-order valence-electron chi connectivity index (χ2n) is 5.30.